The Hall–Kier alpha value is -1.27. The van der Waals surface area contributed by atoms with Crippen molar-refractivity contribution in [3.8, 4) is 0 Å². The molecule has 6 heteroatoms. The number of imidazole rings is 1. The molecule has 0 saturated heterocycles. The zero-order valence-electron chi connectivity index (χ0n) is 11.6. The number of nitrogens with zero attached hydrogens (tertiary/aromatic N) is 3. The van der Waals surface area contributed by atoms with Gasteiger partial charge in [0, 0.05) is 38.0 Å². The second kappa shape index (κ2) is 6.45. The van der Waals surface area contributed by atoms with E-state index in [1.54, 1.807) is 25.2 Å². The van der Waals surface area contributed by atoms with E-state index in [1.165, 1.54) is 11.8 Å². The van der Waals surface area contributed by atoms with Crippen molar-refractivity contribution in [2.24, 2.45) is 7.05 Å². The molecule has 20 heavy (non-hydrogen) atoms. The first kappa shape index (κ1) is 15.1. The van der Waals surface area contributed by atoms with Crippen LogP contribution in [0.2, 0.25) is 0 Å². The van der Waals surface area contributed by atoms with Gasteiger partial charge in [-0.25, -0.2) is 4.98 Å². The molecule has 0 spiro atoms. The van der Waals surface area contributed by atoms with E-state index in [4.69, 9.17) is 0 Å². The summed E-state index contributed by atoms with van der Waals surface area (Å²) in [4.78, 5) is 18.0. The van der Waals surface area contributed by atoms with Gasteiger partial charge in [0.1, 0.15) is 5.82 Å². The fourth-order valence-corrected chi connectivity index (χ4v) is 3.22. The number of halogens is 1. The fraction of sp³-hybridized carbons (Fsp3) is 0.286. The van der Waals surface area contributed by atoms with E-state index in [9.17, 15) is 4.79 Å². The van der Waals surface area contributed by atoms with Crippen molar-refractivity contribution in [2.75, 3.05) is 14.1 Å². The number of carbonyl (C=O) groups excluding carboxylic acids is 1. The van der Waals surface area contributed by atoms with Gasteiger partial charge in [-0.3, -0.25) is 4.79 Å². The molecular weight excluding hydrogens is 338 g/mol. The number of aromatic nitrogens is 2. The second-order valence-electron chi connectivity index (χ2n) is 4.61. The molecule has 0 aliphatic heterocycles. The molecule has 0 aliphatic carbocycles. The third-order valence-corrected chi connectivity index (χ3v) is 4.61. The summed E-state index contributed by atoms with van der Waals surface area (Å²) in [5.41, 5.74) is 1.05. The monoisotopic (exact) mass is 353 g/mol. The van der Waals surface area contributed by atoms with Crippen molar-refractivity contribution in [3.05, 3.63) is 52.5 Å². The Labute approximate surface area is 131 Å². The van der Waals surface area contributed by atoms with Gasteiger partial charge in [0.2, 0.25) is 0 Å². The van der Waals surface area contributed by atoms with Crippen LogP contribution in [-0.4, -0.2) is 33.8 Å². The summed E-state index contributed by atoms with van der Waals surface area (Å²) < 4.78 is 2.94. The highest BCUT2D eigenvalue weighted by Gasteiger charge is 2.23. The lowest BCUT2D eigenvalue weighted by Crippen LogP contribution is -2.19. The first-order valence-corrected chi connectivity index (χ1v) is 7.77. The van der Waals surface area contributed by atoms with E-state index >= 15 is 0 Å². The quantitative estimate of drug-likeness (QED) is 0.844. The molecule has 0 fully saturated rings. The van der Waals surface area contributed by atoms with E-state index in [1.807, 2.05) is 42.1 Å². The van der Waals surface area contributed by atoms with Gasteiger partial charge in [-0.05, 0) is 29.5 Å². The Bertz CT molecular complexity index is 612. The molecule has 1 heterocycles. The molecule has 0 bridgehead atoms. The first-order chi connectivity index (χ1) is 9.49. The van der Waals surface area contributed by atoms with Crippen molar-refractivity contribution >= 4 is 32.9 Å². The van der Waals surface area contributed by atoms with Crippen molar-refractivity contribution in [2.45, 2.75) is 5.25 Å². The van der Waals surface area contributed by atoms with Crippen LogP contribution >= 0.6 is 27.7 Å². The van der Waals surface area contributed by atoms with Crippen molar-refractivity contribution in [3.63, 3.8) is 0 Å². The highest BCUT2D eigenvalue weighted by molar-refractivity contribution is 9.10. The van der Waals surface area contributed by atoms with Crippen LogP contribution in [0.3, 0.4) is 0 Å². The Balaban J connectivity index is 2.39. The van der Waals surface area contributed by atoms with Gasteiger partial charge >= 0.3 is 0 Å². The van der Waals surface area contributed by atoms with Crippen LogP contribution in [0.1, 0.15) is 16.6 Å². The zero-order valence-corrected chi connectivity index (χ0v) is 14.0. The molecular formula is C14H16BrN3OS. The molecule has 1 unspecified atom stereocenters. The molecule has 0 saturated carbocycles. The predicted octanol–water partition coefficient (Wildman–Crippen LogP) is 3.69. The highest BCUT2D eigenvalue weighted by atomic mass is 79.9. The van der Waals surface area contributed by atoms with Crippen molar-refractivity contribution in [1.82, 2.24) is 14.5 Å². The molecule has 1 amide bonds. The lowest BCUT2D eigenvalue weighted by Gasteiger charge is -2.18. The summed E-state index contributed by atoms with van der Waals surface area (Å²) in [5, 5.41) is -0.111. The summed E-state index contributed by atoms with van der Waals surface area (Å²) in [6.45, 7) is 0. The molecule has 0 aliphatic rings. The Kier molecular flexibility index (Phi) is 4.88. The fourth-order valence-electron chi connectivity index (χ4n) is 1.78. The number of aryl methyl sites for hydroxylation is 1. The van der Waals surface area contributed by atoms with Gasteiger partial charge in [0.15, 0.2) is 0 Å². The Morgan fingerprint density at radius 1 is 1.45 bits per heavy atom. The maximum Gasteiger partial charge on any atom is 0.282 e. The number of carbonyl (C=O) groups is 1. The number of hydrogen-bond donors (Lipinski definition) is 0. The minimum Gasteiger partial charge on any atom is -0.340 e. The SMILES string of the molecule is CN(C)C(=O)SC(c1cccc(Br)c1)c1nccn1C. The topological polar surface area (TPSA) is 38.1 Å². The molecule has 2 rings (SSSR count). The Morgan fingerprint density at radius 3 is 2.75 bits per heavy atom. The minimum absolute atomic E-state index is 0.0120. The molecule has 106 valence electrons. The average Bonchev–Trinajstić information content (AvgIpc) is 2.81. The standard InChI is InChI=1S/C14H16BrN3OS/c1-17(2)14(19)20-12(13-16-7-8-18(13)3)10-5-4-6-11(15)9-10/h4-9,12H,1-3H3. The zero-order chi connectivity index (χ0) is 14.7. The molecule has 1 aromatic heterocycles. The van der Waals surface area contributed by atoms with E-state index in [2.05, 4.69) is 20.9 Å². The maximum absolute atomic E-state index is 12.1. The lowest BCUT2D eigenvalue weighted by molar-refractivity contribution is 0.241. The smallest absolute Gasteiger partial charge is 0.282 e. The summed E-state index contributed by atoms with van der Waals surface area (Å²) in [6, 6.07) is 7.98. The van der Waals surface area contributed by atoms with Crippen LogP contribution in [0.25, 0.3) is 0 Å². The van der Waals surface area contributed by atoms with E-state index in [0.717, 1.165) is 15.9 Å². The summed E-state index contributed by atoms with van der Waals surface area (Å²) >= 11 is 4.74. The molecule has 4 nitrogen and oxygen atoms in total. The lowest BCUT2D eigenvalue weighted by atomic mass is 10.1. The van der Waals surface area contributed by atoms with Gasteiger partial charge in [0.25, 0.3) is 5.24 Å². The second-order valence-corrected chi connectivity index (χ2v) is 6.58. The Morgan fingerprint density at radius 2 is 2.20 bits per heavy atom. The largest absolute Gasteiger partial charge is 0.340 e. The molecule has 0 N–H and O–H groups in total. The summed E-state index contributed by atoms with van der Waals surface area (Å²) in [5.74, 6) is 0.864. The van der Waals surface area contributed by atoms with Crippen LogP contribution in [0.4, 0.5) is 4.79 Å². The first-order valence-electron chi connectivity index (χ1n) is 6.09. The van der Waals surface area contributed by atoms with Gasteiger partial charge in [0.05, 0.1) is 5.25 Å². The predicted molar refractivity (Wildman–Crippen MR) is 85.9 cm³/mol. The van der Waals surface area contributed by atoms with E-state index < -0.39 is 0 Å². The van der Waals surface area contributed by atoms with Crippen LogP contribution in [0.15, 0.2) is 41.1 Å². The van der Waals surface area contributed by atoms with Gasteiger partial charge in [-0.1, -0.05) is 28.1 Å². The van der Waals surface area contributed by atoms with Crippen molar-refractivity contribution in [1.29, 1.82) is 0 Å². The summed E-state index contributed by atoms with van der Waals surface area (Å²) in [6.07, 6.45) is 3.64. The van der Waals surface area contributed by atoms with E-state index in [0.29, 0.717) is 0 Å². The van der Waals surface area contributed by atoms with Gasteiger partial charge < -0.3 is 9.47 Å². The number of rotatable bonds is 3. The highest BCUT2D eigenvalue weighted by Crippen LogP contribution is 2.36. The van der Waals surface area contributed by atoms with Crippen LogP contribution in [0.5, 0.6) is 0 Å². The third kappa shape index (κ3) is 3.43. The number of benzene rings is 1. The third-order valence-electron chi connectivity index (χ3n) is 2.83. The van der Waals surface area contributed by atoms with Crippen LogP contribution < -0.4 is 0 Å². The van der Waals surface area contributed by atoms with Crippen LogP contribution in [0, 0.1) is 0 Å². The van der Waals surface area contributed by atoms with Crippen LogP contribution in [-0.2, 0) is 7.05 Å². The summed E-state index contributed by atoms with van der Waals surface area (Å²) in [7, 11) is 5.45. The number of amides is 1. The molecule has 1 atom stereocenters. The van der Waals surface area contributed by atoms with E-state index in [-0.39, 0.29) is 10.5 Å². The molecule has 1 aromatic carbocycles. The van der Waals surface area contributed by atoms with Gasteiger partial charge in [-0.2, -0.15) is 0 Å². The van der Waals surface area contributed by atoms with Crippen molar-refractivity contribution < 1.29 is 4.79 Å². The molecule has 0 radical (unpaired) electrons. The molecule has 2 aromatic rings. The van der Waals surface area contributed by atoms with Gasteiger partial charge in [-0.15, -0.1) is 0 Å². The number of hydrogen-bond acceptors (Lipinski definition) is 3. The maximum atomic E-state index is 12.1. The normalized spacial score (nSPS) is 12.2. The average molecular weight is 354 g/mol. The minimum atomic E-state index is -0.123. The number of thioether (sulfide) groups is 1.